The van der Waals surface area contributed by atoms with Crippen molar-refractivity contribution in [1.82, 2.24) is 4.90 Å². The van der Waals surface area contributed by atoms with Crippen LogP contribution in [0, 0.1) is 0 Å². The van der Waals surface area contributed by atoms with E-state index in [1.165, 1.54) is 24.9 Å². The maximum absolute atomic E-state index is 5.96. The monoisotopic (exact) mass is 339 g/mol. The van der Waals surface area contributed by atoms with E-state index in [0.717, 1.165) is 16.6 Å². The SMILES string of the molecule is C[C@@H](N)c1ccc(N(C)CC2(N(C)C)CCC2)cc1Br. The second kappa shape index (κ2) is 6.04. The lowest BCUT2D eigenvalue weighted by Crippen LogP contribution is -2.56. The number of rotatable bonds is 5. The lowest BCUT2D eigenvalue weighted by molar-refractivity contribution is 0.0683. The molecule has 0 aliphatic heterocycles. The lowest BCUT2D eigenvalue weighted by Gasteiger charge is -2.49. The zero-order valence-electron chi connectivity index (χ0n) is 13.0. The molecule has 1 saturated carbocycles. The van der Waals surface area contributed by atoms with Crippen LogP contribution in [0.3, 0.4) is 0 Å². The molecule has 0 saturated heterocycles. The molecule has 2 rings (SSSR count). The first-order chi connectivity index (χ1) is 9.35. The van der Waals surface area contributed by atoms with Crippen molar-refractivity contribution in [3.63, 3.8) is 0 Å². The topological polar surface area (TPSA) is 32.5 Å². The van der Waals surface area contributed by atoms with Crippen LogP contribution in [0.5, 0.6) is 0 Å². The molecule has 0 amide bonds. The molecule has 1 aliphatic rings. The van der Waals surface area contributed by atoms with Gasteiger partial charge in [0.25, 0.3) is 0 Å². The standard InChI is InChI=1S/C16H26BrN3/c1-12(18)14-7-6-13(10-15(14)17)20(4)11-16(19(2)3)8-5-9-16/h6-7,10,12H,5,8-9,11,18H2,1-4H3/t12-/m1/s1. The summed E-state index contributed by atoms with van der Waals surface area (Å²) in [4.78, 5) is 4.74. The maximum Gasteiger partial charge on any atom is 0.0378 e. The summed E-state index contributed by atoms with van der Waals surface area (Å²) < 4.78 is 1.10. The first-order valence-electron chi connectivity index (χ1n) is 7.29. The molecule has 0 heterocycles. The van der Waals surface area contributed by atoms with E-state index in [4.69, 9.17) is 5.73 Å². The van der Waals surface area contributed by atoms with Crippen molar-refractivity contribution in [2.75, 3.05) is 32.6 Å². The number of benzene rings is 1. The van der Waals surface area contributed by atoms with Crippen molar-refractivity contribution in [2.45, 2.75) is 37.8 Å². The van der Waals surface area contributed by atoms with Crippen molar-refractivity contribution >= 4 is 21.6 Å². The Morgan fingerprint density at radius 1 is 1.30 bits per heavy atom. The van der Waals surface area contributed by atoms with Gasteiger partial charge in [0.15, 0.2) is 0 Å². The Kier molecular flexibility index (Phi) is 4.77. The number of hydrogen-bond donors (Lipinski definition) is 1. The fourth-order valence-corrected chi connectivity index (χ4v) is 3.71. The van der Waals surface area contributed by atoms with Crippen LogP contribution in [-0.4, -0.2) is 38.1 Å². The predicted molar refractivity (Wildman–Crippen MR) is 90.3 cm³/mol. The minimum atomic E-state index is 0.0588. The molecule has 1 aromatic rings. The zero-order valence-corrected chi connectivity index (χ0v) is 14.6. The molecule has 1 aromatic carbocycles. The van der Waals surface area contributed by atoms with Gasteiger partial charge in [0.05, 0.1) is 0 Å². The zero-order chi connectivity index (χ0) is 14.9. The third kappa shape index (κ3) is 3.02. The van der Waals surface area contributed by atoms with Crippen LogP contribution >= 0.6 is 15.9 Å². The van der Waals surface area contributed by atoms with Crippen molar-refractivity contribution in [1.29, 1.82) is 0 Å². The average molecular weight is 340 g/mol. The average Bonchev–Trinajstić information content (AvgIpc) is 2.32. The summed E-state index contributed by atoms with van der Waals surface area (Å²) in [6.45, 7) is 3.09. The number of anilines is 1. The van der Waals surface area contributed by atoms with Crippen molar-refractivity contribution in [2.24, 2.45) is 5.73 Å². The summed E-state index contributed by atoms with van der Waals surface area (Å²) in [5, 5.41) is 0. The fraction of sp³-hybridized carbons (Fsp3) is 0.625. The second-order valence-corrected chi connectivity index (χ2v) is 7.18. The molecule has 1 aliphatic carbocycles. The first kappa shape index (κ1) is 15.8. The molecule has 1 atom stereocenters. The number of halogens is 1. The maximum atomic E-state index is 5.96. The minimum absolute atomic E-state index is 0.0588. The largest absolute Gasteiger partial charge is 0.373 e. The number of nitrogens with zero attached hydrogens (tertiary/aromatic N) is 2. The highest BCUT2D eigenvalue weighted by Crippen LogP contribution is 2.38. The van der Waals surface area contributed by atoms with E-state index in [2.05, 4.69) is 65.1 Å². The molecule has 0 radical (unpaired) electrons. The van der Waals surface area contributed by atoms with Crippen LogP contribution in [0.1, 0.15) is 37.8 Å². The predicted octanol–water partition coefficient (Wildman–Crippen LogP) is 3.39. The van der Waals surface area contributed by atoms with Crippen LogP contribution in [0.4, 0.5) is 5.69 Å². The fourth-order valence-electron chi connectivity index (χ4n) is 2.99. The van der Waals surface area contributed by atoms with Gasteiger partial charge in [-0.1, -0.05) is 22.0 Å². The summed E-state index contributed by atoms with van der Waals surface area (Å²) in [7, 11) is 6.57. The highest BCUT2D eigenvalue weighted by atomic mass is 79.9. The van der Waals surface area contributed by atoms with Crippen molar-refractivity contribution in [3.8, 4) is 0 Å². The molecule has 2 N–H and O–H groups in total. The molecule has 20 heavy (non-hydrogen) atoms. The smallest absolute Gasteiger partial charge is 0.0378 e. The second-order valence-electron chi connectivity index (χ2n) is 6.32. The summed E-state index contributed by atoms with van der Waals surface area (Å²) in [5.41, 5.74) is 8.72. The normalized spacial score (nSPS) is 18.8. The molecule has 1 fully saturated rings. The Balaban J connectivity index is 2.13. The van der Waals surface area contributed by atoms with Gasteiger partial charge in [0, 0.05) is 35.3 Å². The number of hydrogen-bond acceptors (Lipinski definition) is 3. The van der Waals surface area contributed by atoms with Gasteiger partial charge in [-0.25, -0.2) is 0 Å². The highest BCUT2D eigenvalue weighted by molar-refractivity contribution is 9.10. The molecular weight excluding hydrogens is 314 g/mol. The lowest BCUT2D eigenvalue weighted by atomic mass is 9.75. The third-order valence-electron chi connectivity index (χ3n) is 4.68. The molecule has 0 unspecified atom stereocenters. The van der Waals surface area contributed by atoms with Gasteiger partial charge in [-0.05, 0) is 58.0 Å². The van der Waals surface area contributed by atoms with Crippen LogP contribution in [0.15, 0.2) is 22.7 Å². The Labute approximate surface area is 131 Å². The molecule has 4 heteroatoms. The van der Waals surface area contributed by atoms with E-state index in [0.29, 0.717) is 5.54 Å². The summed E-state index contributed by atoms with van der Waals surface area (Å²) in [5.74, 6) is 0. The Morgan fingerprint density at radius 3 is 2.35 bits per heavy atom. The molecular formula is C16H26BrN3. The Bertz CT molecular complexity index is 467. The third-order valence-corrected chi connectivity index (χ3v) is 5.37. The van der Waals surface area contributed by atoms with Gasteiger partial charge in [0.1, 0.15) is 0 Å². The van der Waals surface area contributed by atoms with Gasteiger partial charge in [-0.3, -0.25) is 0 Å². The number of likely N-dealkylation sites (N-methyl/N-ethyl adjacent to an activating group) is 2. The molecule has 0 spiro atoms. The highest BCUT2D eigenvalue weighted by Gasteiger charge is 2.39. The van der Waals surface area contributed by atoms with E-state index < -0.39 is 0 Å². The van der Waals surface area contributed by atoms with Gasteiger partial charge in [-0.2, -0.15) is 0 Å². The molecule has 0 aromatic heterocycles. The molecule has 0 bridgehead atoms. The van der Waals surface area contributed by atoms with Crippen LogP contribution < -0.4 is 10.6 Å². The Morgan fingerprint density at radius 2 is 1.95 bits per heavy atom. The van der Waals surface area contributed by atoms with Gasteiger partial charge < -0.3 is 15.5 Å². The van der Waals surface area contributed by atoms with Gasteiger partial charge in [0.2, 0.25) is 0 Å². The van der Waals surface area contributed by atoms with Gasteiger partial charge >= 0.3 is 0 Å². The van der Waals surface area contributed by atoms with Crippen LogP contribution in [0.25, 0.3) is 0 Å². The first-order valence-corrected chi connectivity index (χ1v) is 8.09. The summed E-state index contributed by atoms with van der Waals surface area (Å²) >= 11 is 3.64. The minimum Gasteiger partial charge on any atom is -0.373 e. The van der Waals surface area contributed by atoms with E-state index in [1.807, 2.05) is 6.92 Å². The summed E-state index contributed by atoms with van der Waals surface area (Å²) in [6.07, 6.45) is 3.94. The van der Waals surface area contributed by atoms with Crippen molar-refractivity contribution < 1.29 is 0 Å². The van der Waals surface area contributed by atoms with E-state index in [9.17, 15) is 0 Å². The van der Waals surface area contributed by atoms with Gasteiger partial charge in [-0.15, -0.1) is 0 Å². The Hall–Kier alpha value is -0.580. The van der Waals surface area contributed by atoms with E-state index in [-0.39, 0.29) is 6.04 Å². The molecule has 3 nitrogen and oxygen atoms in total. The molecule has 112 valence electrons. The number of nitrogens with two attached hydrogens (primary N) is 1. The van der Waals surface area contributed by atoms with Crippen LogP contribution in [0.2, 0.25) is 0 Å². The quantitative estimate of drug-likeness (QED) is 0.892. The van der Waals surface area contributed by atoms with E-state index in [1.54, 1.807) is 0 Å². The van der Waals surface area contributed by atoms with Crippen LogP contribution in [-0.2, 0) is 0 Å². The summed E-state index contributed by atoms with van der Waals surface area (Å²) in [6, 6.07) is 6.54. The van der Waals surface area contributed by atoms with E-state index >= 15 is 0 Å². The van der Waals surface area contributed by atoms with Crippen molar-refractivity contribution in [3.05, 3.63) is 28.2 Å².